The third-order valence-electron chi connectivity index (χ3n) is 4.65. The number of hydrogen-bond donors (Lipinski definition) is 0. The highest BCUT2D eigenvalue weighted by molar-refractivity contribution is 7.80. The minimum Gasteiger partial charge on any atom is -0.466 e. The molecule has 1 aromatic carbocycles. The first-order valence-corrected chi connectivity index (χ1v) is 9.68. The van der Waals surface area contributed by atoms with Gasteiger partial charge in [0.05, 0.1) is 24.9 Å². The van der Waals surface area contributed by atoms with Crippen molar-refractivity contribution in [1.29, 1.82) is 0 Å². The first kappa shape index (κ1) is 19.9. The molecule has 0 saturated carbocycles. The third kappa shape index (κ3) is 4.36. The van der Waals surface area contributed by atoms with Crippen LogP contribution in [0.3, 0.4) is 0 Å². The molecule has 1 aliphatic heterocycles. The molecule has 1 unspecified atom stereocenters. The van der Waals surface area contributed by atoms with Crippen LogP contribution in [0.25, 0.3) is 0 Å². The van der Waals surface area contributed by atoms with E-state index >= 15 is 0 Å². The number of rotatable bonds is 7. The number of aryl methyl sites for hydroxylation is 1. The fourth-order valence-electron chi connectivity index (χ4n) is 3.19. The Morgan fingerprint density at radius 3 is 2.64 bits per heavy atom. The van der Waals surface area contributed by atoms with Gasteiger partial charge in [-0.2, -0.15) is 0 Å². The Morgan fingerprint density at radius 2 is 2.00 bits per heavy atom. The summed E-state index contributed by atoms with van der Waals surface area (Å²) in [5, 5.41) is 0.388. The van der Waals surface area contributed by atoms with E-state index in [0.717, 1.165) is 5.56 Å². The number of thiocarbonyl (C=S) groups is 1. The molecule has 146 valence electrons. The number of anilines is 1. The van der Waals surface area contributed by atoms with Gasteiger partial charge in [0.25, 0.3) is 5.91 Å². The van der Waals surface area contributed by atoms with Crippen LogP contribution >= 0.6 is 12.2 Å². The number of aromatic nitrogens is 1. The van der Waals surface area contributed by atoms with E-state index in [-0.39, 0.29) is 18.9 Å². The van der Waals surface area contributed by atoms with Crippen LogP contribution in [0, 0.1) is 6.92 Å². The Balaban J connectivity index is 1.82. The number of pyridine rings is 1. The Hall–Kier alpha value is -2.80. The monoisotopic (exact) mass is 397 g/mol. The molecule has 6 nitrogen and oxygen atoms in total. The smallest absolute Gasteiger partial charge is 0.308 e. The van der Waals surface area contributed by atoms with Crippen molar-refractivity contribution in [1.82, 2.24) is 9.88 Å². The maximum Gasteiger partial charge on any atom is 0.308 e. The molecule has 28 heavy (non-hydrogen) atoms. The van der Waals surface area contributed by atoms with Crippen LogP contribution in [0.5, 0.6) is 0 Å². The summed E-state index contributed by atoms with van der Waals surface area (Å²) < 4.78 is 5.06. The zero-order valence-electron chi connectivity index (χ0n) is 16.0. The molecule has 1 saturated heterocycles. The van der Waals surface area contributed by atoms with Gasteiger partial charge in [-0.1, -0.05) is 29.8 Å². The van der Waals surface area contributed by atoms with Gasteiger partial charge in [-0.3, -0.25) is 19.5 Å². The summed E-state index contributed by atoms with van der Waals surface area (Å²) in [5.74, 6) is -0.632. The SMILES string of the molecule is CCOC(=O)CC1C(=O)N(c2cccnc2)C(=S)N1CCc1ccc(C)cc1. The van der Waals surface area contributed by atoms with Crippen molar-refractivity contribution < 1.29 is 14.3 Å². The molecule has 0 aliphatic carbocycles. The van der Waals surface area contributed by atoms with E-state index in [1.54, 1.807) is 31.5 Å². The zero-order valence-corrected chi connectivity index (χ0v) is 16.8. The summed E-state index contributed by atoms with van der Waals surface area (Å²) in [4.78, 5) is 32.5. The van der Waals surface area contributed by atoms with Crippen LogP contribution in [-0.2, 0) is 20.7 Å². The first-order chi connectivity index (χ1) is 13.5. The van der Waals surface area contributed by atoms with Gasteiger partial charge in [-0.25, -0.2) is 0 Å². The summed E-state index contributed by atoms with van der Waals surface area (Å²) in [7, 11) is 0. The van der Waals surface area contributed by atoms with Crippen LogP contribution < -0.4 is 4.90 Å². The number of hydrogen-bond acceptors (Lipinski definition) is 5. The number of esters is 1. The van der Waals surface area contributed by atoms with Crippen molar-refractivity contribution in [3.05, 3.63) is 59.9 Å². The quantitative estimate of drug-likeness (QED) is 0.529. The Labute approximate surface area is 170 Å². The topological polar surface area (TPSA) is 62.7 Å². The van der Waals surface area contributed by atoms with E-state index in [1.807, 2.05) is 11.8 Å². The molecule has 0 spiro atoms. The summed E-state index contributed by atoms with van der Waals surface area (Å²) >= 11 is 5.60. The van der Waals surface area contributed by atoms with Gasteiger partial charge in [-0.05, 0) is 50.2 Å². The maximum atomic E-state index is 13.1. The van der Waals surface area contributed by atoms with E-state index in [1.165, 1.54) is 10.5 Å². The van der Waals surface area contributed by atoms with E-state index in [4.69, 9.17) is 17.0 Å². The van der Waals surface area contributed by atoms with E-state index in [0.29, 0.717) is 23.8 Å². The largest absolute Gasteiger partial charge is 0.466 e. The van der Waals surface area contributed by atoms with Gasteiger partial charge >= 0.3 is 5.97 Å². The molecule has 1 atom stereocenters. The lowest BCUT2D eigenvalue weighted by Crippen LogP contribution is -2.38. The predicted molar refractivity (Wildman–Crippen MR) is 111 cm³/mol. The summed E-state index contributed by atoms with van der Waals surface area (Å²) in [6.45, 7) is 4.60. The molecule has 1 aromatic heterocycles. The molecular formula is C21H23N3O3S. The average molecular weight is 398 g/mol. The second-order valence-corrected chi connectivity index (χ2v) is 6.99. The second-order valence-electron chi connectivity index (χ2n) is 6.62. The van der Waals surface area contributed by atoms with Crippen molar-refractivity contribution in [2.45, 2.75) is 32.7 Å². The Bertz CT molecular complexity index is 855. The van der Waals surface area contributed by atoms with Gasteiger partial charge in [0.1, 0.15) is 6.04 Å². The van der Waals surface area contributed by atoms with E-state index in [2.05, 4.69) is 29.2 Å². The predicted octanol–water partition coefficient (Wildman–Crippen LogP) is 2.89. The highest BCUT2D eigenvalue weighted by Gasteiger charge is 2.44. The normalized spacial score (nSPS) is 16.6. The van der Waals surface area contributed by atoms with Gasteiger partial charge in [-0.15, -0.1) is 0 Å². The standard InChI is InChI=1S/C21H23N3O3S/c1-3-27-19(25)13-18-20(26)24(17-5-4-11-22-14-17)21(28)23(18)12-10-16-8-6-15(2)7-9-16/h4-9,11,14,18H,3,10,12-13H2,1-2H3. The van der Waals surface area contributed by atoms with E-state index < -0.39 is 12.0 Å². The molecule has 3 rings (SSSR count). The molecule has 0 bridgehead atoms. The van der Waals surface area contributed by atoms with Crippen molar-refractivity contribution in [2.24, 2.45) is 0 Å². The van der Waals surface area contributed by atoms with Crippen LogP contribution in [0.4, 0.5) is 5.69 Å². The summed E-state index contributed by atoms with van der Waals surface area (Å²) in [6, 6.07) is 11.1. The van der Waals surface area contributed by atoms with Crippen molar-refractivity contribution in [3.63, 3.8) is 0 Å². The number of benzene rings is 1. The lowest BCUT2D eigenvalue weighted by atomic mass is 10.1. The van der Waals surface area contributed by atoms with Gasteiger partial charge < -0.3 is 9.64 Å². The van der Waals surface area contributed by atoms with Crippen molar-refractivity contribution >= 4 is 34.9 Å². The molecule has 7 heteroatoms. The van der Waals surface area contributed by atoms with Crippen LogP contribution in [-0.4, -0.2) is 46.1 Å². The minimum atomic E-state index is -0.669. The molecule has 1 fully saturated rings. The Kier molecular flexibility index (Phi) is 6.36. The number of nitrogens with zero attached hydrogens (tertiary/aromatic N) is 3. The van der Waals surface area contributed by atoms with Gasteiger partial charge in [0.15, 0.2) is 5.11 Å². The Morgan fingerprint density at radius 1 is 1.25 bits per heavy atom. The highest BCUT2D eigenvalue weighted by Crippen LogP contribution is 2.27. The highest BCUT2D eigenvalue weighted by atomic mass is 32.1. The zero-order chi connectivity index (χ0) is 20.1. The number of ether oxygens (including phenoxy) is 1. The molecule has 1 amide bonds. The van der Waals surface area contributed by atoms with Crippen molar-refractivity contribution in [3.8, 4) is 0 Å². The number of carbonyl (C=O) groups excluding carboxylic acids is 2. The maximum absolute atomic E-state index is 13.1. The molecule has 0 N–H and O–H groups in total. The lowest BCUT2D eigenvalue weighted by molar-refractivity contribution is -0.145. The molecule has 2 heterocycles. The minimum absolute atomic E-state index is 0.0303. The van der Waals surface area contributed by atoms with Crippen LogP contribution in [0.1, 0.15) is 24.5 Å². The van der Waals surface area contributed by atoms with E-state index in [9.17, 15) is 9.59 Å². The third-order valence-corrected chi connectivity index (χ3v) is 5.07. The number of amides is 1. The van der Waals surface area contributed by atoms with Crippen molar-refractivity contribution in [2.75, 3.05) is 18.1 Å². The molecule has 1 aliphatic rings. The fraction of sp³-hybridized carbons (Fsp3) is 0.333. The molecule has 2 aromatic rings. The first-order valence-electron chi connectivity index (χ1n) is 9.27. The van der Waals surface area contributed by atoms with Gasteiger partial charge in [0, 0.05) is 12.7 Å². The summed E-state index contributed by atoms with van der Waals surface area (Å²) in [5.41, 5.74) is 2.94. The van der Waals surface area contributed by atoms with Gasteiger partial charge in [0.2, 0.25) is 0 Å². The second kappa shape index (κ2) is 8.93. The number of carbonyl (C=O) groups is 2. The molecular weight excluding hydrogens is 374 g/mol. The average Bonchev–Trinajstić information content (AvgIpc) is 2.92. The lowest BCUT2D eigenvalue weighted by Gasteiger charge is -2.23. The fourth-order valence-corrected chi connectivity index (χ4v) is 3.61. The van der Waals surface area contributed by atoms with Crippen LogP contribution in [0.15, 0.2) is 48.8 Å². The van der Waals surface area contributed by atoms with Crippen LogP contribution in [0.2, 0.25) is 0 Å². The summed E-state index contributed by atoms with van der Waals surface area (Å²) in [6.07, 6.45) is 3.92. The molecule has 0 radical (unpaired) electrons.